The quantitative estimate of drug-likeness (QED) is 0.292. The highest BCUT2D eigenvalue weighted by Gasteiger charge is 2.29. The summed E-state index contributed by atoms with van der Waals surface area (Å²) in [4.78, 5) is 43.9. The molecule has 0 aromatic heterocycles. The molecule has 0 spiro atoms. The van der Waals surface area contributed by atoms with E-state index in [4.69, 9.17) is 4.74 Å². The molecule has 0 aliphatic carbocycles. The SMILES string of the molecule is CC(C)/C=C/C(NC(=O)OCc1ccccc1)C(=O)NC(CC(C)C)C(=O)CN1CCN(CCO)c2ccccc2C1. The molecule has 2 atom stereocenters. The summed E-state index contributed by atoms with van der Waals surface area (Å²) in [5.74, 6) is -0.217. The molecule has 0 radical (unpaired) electrons. The number of fused-ring (bicyclic) bond motifs is 1. The number of amides is 2. The number of aliphatic hydroxyl groups excluding tert-OH is 1. The summed E-state index contributed by atoms with van der Waals surface area (Å²) >= 11 is 0. The maximum Gasteiger partial charge on any atom is 0.408 e. The molecule has 9 heteroatoms. The highest BCUT2D eigenvalue weighted by atomic mass is 16.5. The van der Waals surface area contributed by atoms with Gasteiger partial charge in [0.1, 0.15) is 12.6 Å². The van der Waals surface area contributed by atoms with Gasteiger partial charge in [0.2, 0.25) is 5.91 Å². The third-order valence-electron chi connectivity index (χ3n) is 7.03. The van der Waals surface area contributed by atoms with Crippen LogP contribution in [0.2, 0.25) is 0 Å². The molecule has 2 amide bonds. The largest absolute Gasteiger partial charge is 0.445 e. The van der Waals surface area contributed by atoms with E-state index >= 15 is 0 Å². The standard InChI is InChI=1S/C33H46N4O5/c1-24(2)14-15-28(35-33(41)42-23-26-10-6-5-7-11-26)32(40)34-29(20-25(3)4)31(39)22-36-16-17-37(18-19-38)30-13-9-8-12-27(30)21-36/h5-15,24-25,28-29,38H,16-23H2,1-4H3,(H,34,40)(H,35,41)/b15-14+. The van der Waals surface area contributed by atoms with E-state index in [0.29, 0.717) is 32.6 Å². The van der Waals surface area contributed by atoms with Crippen molar-refractivity contribution in [3.8, 4) is 0 Å². The number of rotatable bonds is 14. The summed E-state index contributed by atoms with van der Waals surface area (Å²) < 4.78 is 5.34. The lowest BCUT2D eigenvalue weighted by atomic mass is 9.99. The monoisotopic (exact) mass is 578 g/mol. The maximum atomic E-state index is 13.6. The first-order chi connectivity index (χ1) is 20.2. The smallest absolute Gasteiger partial charge is 0.408 e. The van der Waals surface area contributed by atoms with Crippen LogP contribution < -0.4 is 15.5 Å². The molecule has 0 bridgehead atoms. The Bertz CT molecular complexity index is 1180. The molecule has 42 heavy (non-hydrogen) atoms. The average molecular weight is 579 g/mol. The molecule has 228 valence electrons. The zero-order chi connectivity index (χ0) is 30.5. The number of β-amino-alcohol motifs (C(OH)–C–C–N with tert-alkyl or cyclic N) is 1. The Morgan fingerprint density at radius 3 is 2.36 bits per heavy atom. The van der Waals surface area contributed by atoms with Crippen molar-refractivity contribution in [1.82, 2.24) is 15.5 Å². The second-order valence-electron chi connectivity index (χ2n) is 11.5. The molecule has 0 fully saturated rings. The second kappa shape index (κ2) is 16.7. The van der Waals surface area contributed by atoms with Gasteiger partial charge in [-0.15, -0.1) is 0 Å². The lowest BCUT2D eigenvalue weighted by Gasteiger charge is -2.26. The van der Waals surface area contributed by atoms with Crippen LogP contribution in [0.5, 0.6) is 0 Å². The van der Waals surface area contributed by atoms with Crippen LogP contribution in [-0.4, -0.2) is 72.7 Å². The Balaban J connectivity index is 1.68. The number of carbonyl (C=O) groups excluding carboxylic acids is 3. The van der Waals surface area contributed by atoms with E-state index in [0.717, 1.165) is 16.8 Å². The number of hydrogen-bond donors (Lipinski definition) is 3. The van der Waals surface area contributed by atoms with Crippen LogP contribution in [0.15, 0.2) is 66.7 Å². The molecule has 2 aromatic carbocycles. The van der Waals surface area contributed by atoms with Gasteiger partial charge in [0.25, 0.3) is 0 Å². The first-order valence-corrected chi connectivity index (χ1v) is 14.8. The van der Waals surface area contributed by atoms with Crippen LogP contribution in [0.3, 0.4) is 0 Å². The van der Waals surface area contributed by atoms with E-state index in [1.807, 2.05) is 88.4 Å². The number of aliphatic hydroxyl groups is 1. The highest BCUT2D eigenvalue weighted by molar-refractivity contribution is 5.94. The number of Topliss-reactive ketones (excluding diaryl/α,β-unsaturated/α-hetero) is 1. The molecule has 9 nitrogen and oxygen atoms in total. The first-order valence-electron chi connectivity index (χ1n) is 14.8. The van der Waals surface area contributed by atoms with Gasteiger partial charge in [-0.1, -0.05) is 88.4 Å². The number of ether oxygens (including phenoxy) is 1. The fourth-order valence-electron chi connectivity index (χ4n) is 4.90. The summed E-state index contributed by atoms with van der Waals surface area (Å²) in [5, 5.41) is 15.1. The summed E-state index contributed by atoms with van der Waals surface area (Å²) in [5.41, 5.74) is 3.00. The molecular weight excluding hydrogens is 532 g/mol. The predicted octanol–water partition coefficient (Wildman–Crippen LogP) is 3.91. The number of allylic oxidation sites excluding steroid dienone is 1. The predicted molar refractivity (Wildman–Crippen MR) is 165 cm³/mol. The number of ketones is 1. The molecule has 0 saturated carbocycles. The second-order valence-corrected chi connectivity index (χ2v) is 11.5. The van der Waals surface area contributed by atoms with Crippen LogP contribution in [0, 0.1) is 11.8 Å². The first kappa shape index (κ1) is 32.8. The van der Waals surface area contributed by atoms with Crippen LogP contribution in [0.4, 0.5) is 10.5 Å². The lowest BCUT2D eigenvalue weighted by Crippen LogP contribution is -2.53. The molecule has 2 unspecified atom stereocenters. The Hall–Kier alpha value is -3.69. The lowest BCUT2D eigenvalue weighted by molar-refractivity contribution is -0.129. The van der Waals surface area contributed by atoms with Crippen molar-refractivity contribution in [2.75, 3.05) is 37.7 Å². The van der Waals surface area contributed by atoms with Crippen molar-refractivity contribution in [2.24, 2.45) is 11.8 Å². The number of para-hydroxylation sites is 1. The van der Waals surface area contributed by atoms with Gasteiger partial charge >= 0.3 is 6.09 Å². The van der Waals surface area contributed by atoms with Crippen molar-refractivity contribution in [2.45, 2.75) is 59.4 Å². The topological polar surface area (TPSA) is 111 Å². The molecular formula is C33H46N4O5. The van der Waals surface area contributed by atoms with E-state index in [2.05, 4.69) is 20.4 Å². The molecule has 3 rings (SSSR count). The van der Waals surface area contributed by atoms with E-state index in [1.165, 1.54) is 0 Å². The number of nitrogens with one attached hydrogen (secondary N) is 2. The fraction of sp³-hybridized carbons (Fsp3) is 0.485. The van der Waals surface area contributed by atoms with E-state index < -0.39 is 24.1 Å². The molecule has 1 heterocycles. The van der Waals surface area contributed by atoms with Crippen molar-refractivity contribution in [3.05, 3.63) is 77.9 Å². The number of alkyl carbamates (subject to hydrolysis) is 1. The van der Waals surface area contributed by atoms with E-state index in [-0.39, 0.29) is 37.4 Å². The number of carbonyl (C=O) groups is 3. The number of anilines is 1. The minimum Gasteiger partial charge on any atom is -0.445 e. The number of nitrogens with zero attached hydrogens (tertiary/aromatic N) is 2. The third kappa shape index (κ3) is 10.6. The third-order valence-corrected chi connectivity index (χ3v) is 7.03. The van der Waals surface area contributed by atoms with Crippen LogP contribution in [-0.2, 0) is 27.5 Å². The van der Waals surface area contributed by atoms with E-state index in [1.54, 1.807) is 6.08 Å². The fourth-order valence-corrected chi connectivity index (χ4v) is 4.90. The summed E-state index contributed by atoms with van der Waals surface area (Å²) in [6.45, 7) is 10.7. The Morgan fingerprint density at radius 1 is 0.952 bits per heavy atom. The molecule has 1 aliphatic heterocycles. The van der Waals surface area contributed by atoms with Crippen LogP contribution in [0.1, 0.15) is 45.2 Å². The molecule has 2 aromatic rings. The molecule has 3 N–H and O–H groups in total. The van der Waals surface area contributed by atoms with Crippen molar-refractivity contribution >= 4 is 23.5 Å². The zero-order valence-corrected chi connectivity index (χ0v) is 25.3. The van der Waals surface area contributed by atoms with E-state index in [9.17, 15) is 19.5 Å². The Kier molecular flexibility index (Phi) is 13.0. The normalized spacial score (nSPS) is 15.3. The Morgan fingerprint density at radius 2 is 1.67 bits per heavy atom. The number of benzene rings is 2. The van der Waals surface area contributed by atoms with Crippen LogP contribution in [0.25, 0.3) is 0 Å². The van der Waals surface area contributed by atoms with Crippen LogP contribution >= 0.6 is 0 Å². The zero-order valence-electron chi connectivity index (χ0n) is 25.3. The van der Waals surface area contributed by atoms with Gasteiger partial charge in [-0.3, -0.25) is 14.5 Å². The van der Waals surface area contributed by atoms with Crippen molar-refractivity contribution in [3.63, 3.8) is 0 Å². The summed E-state index contributed by atoms with van der Waals surface area (Å²) in [7, 11) is 0. The minimum absolute atomic E-state index is 0.0516. The number of hydrogen-bond acceptors (Lipinski definition) is 7. The summed E-state index contributed by atoms with van der Waals surface area (Å²) in [6.07, 6.45) is 3.25. The van der Waals surface area contributed by atoms with Crippen molar-refractivity contribution in [1.29, 1.82) is 0 Å². The molecule has 0 saturated heterocycles. The summed E-state index contributed by atoms with van der Waals surface area (Å²) in [6, 6.07) is 15.7. The van der Waals surface area contributed by atoms with Crippen molar-refractivity contribution < 1.29 is 24.2 Å². The minimum atomic E-state index is -0.991. The van der Waals surface area contributed by atoms with Gasteiger partial charge < -0.3 is 25.4 Å². The molecule has 1 aliphatic rings. The maximum absolute atomic E-state index is 13.6. The van der Waals surface area contributed by atoms with Gasteiger partial charge in [-0.05, 0) is 35.4 Å². The Labute approximate surface area is 249 Å². The van der Waals surface area contributed by atoms with Gasteiger partial charge in [0, 0.05) is 31.9 Å². The van der Waals surface area contributed by atoms with Gasteiger partial charge in [-0.25, -0.2) is 4.79 Å². The average Bonchev–Trinajstić information content (AvgIpc) is 3.13. The van der Waals surface area contributed by atoms with Gasteiger partial charge in [0.15, 0.2) is 5.78 Å². The van der Waals surface area contributed by atoms with Gasteiger partial charge in [-0.2, -0.15) is 0 Å². The highest BCUT2D eigenvalue weighted by Crippen LogP contribution is 2.24. The van der Waals surface area contributed by atoms with Gasteiger partial charge in [0.05, 0.1) is 19.2 Å².